The molecule has 100 heavy (non-hydrogen) atoms. The van der Waals surface area contributed by atoms with Crippen LogP contribution in [-0.2, 0) is 4.74 Å². The molecule has 0 radical (unpaired) electrons. The molecule has 3 saturated heterocycles. The van der Waals surface area contributed by atoms with Crippen LogP contribution in [0.1, 0.15) is 70.0 Å². The van der Waals surface area contributed by atoms with Gasteiger partial charge in [0.25, 0.3) is 0 Å². The summed E-state index contributed by atoms with van der Waals surface area (Å²) in [7, 11) is 3.35. The molecule has 3 fully saturated rings. The Morgan fingerprint density at radius 3 is 0.880 bits per heavy atom. The maximum Gasteiger partial charge on any atom is 0.350 e. The van der Waals surface area contributed by atoms with Gasteiger partial charge in [0.1, 0.15) is 42.3 Å². The van der Waals surface area contributed by atoms with Gasteiger partial charge in [-0.05, 0) is 199 Å². The van der Waals surface area contributed by atoms with E-state index >= 15 is 0 Å². The fourth-order valence-corrected chi connectivity index (χ4v) is 12.2. The number of phenols is 1. The first-order chi connectivity index (χ1) is 48.3. The molecule has 25 nitrogen and oxygen atoms in total. The number of piperazine rings is 3. The maximum absolute atomic E-state index is 13.2. The molecule has 0 aliphatic carbocycles. The van der Waals surface area contributed by atoms with Gasteiger partial charge < -0.3 is 58.9 Å². The highest BCUT2D eigenvalue weighted by Gasteiger charge is 2.26. The summed E-state index contributed by atoms with van der Waals surface area (Å²) in [4.78, 5) is 64.9. The van der Waals surface area contributed by atoms with Gasteiger partial charge in [-0.25, -0.2) is 46.9 Å². The van der Waals surface area contributed by atoms with Crippen molar-refractivity contribution in [2.24, 2.45) is 0 Å². The molecule has 3 aromatic heterocycles. The topological polar surface area (TPSA) is 244 Å². The Bertz CT molecular complexity index is 4420. The molecule has 6 atom stereocenters. The number of carbonyl (C=O) groups is 1. The molecule has 3 aliphatic rings. The van der Waals surface area contributed by atoms with Crippen LogP contribution in [0.5, 0.6) is 17.2 Å². The lowest BCUT2D eigenvalue weighted by Crippen LogP contribution is -2.46. The number of esters is 1. The van der Waals surface area contributed by atoms with Crippen molar-refractivity contribution in [1.82, 2.24) is 43.0 Å². The third-order valence-corrected chi connectivity index (χ3v) is 19.0. The van der Waals surface area contributed by atoms with Crippen LogP contribution < -0.4 is 55.9 Å². The Balaban J connectivity index is 0.000000153. The molecular formula is C75H89N15O10. The van der Waals surface area contributed by atoms with Crippen molar-refractivity contribution < 1.29 is 34.3 Å². The second-order valence-corrected chi connectivity index (χ2v) is 25.2. The van der Waals surface area contributed by atoms with Gasteiger partial charge in [0.2, 0.25) is 0 Å². The minimum Gasteiger partial charge on any atom is -0.508 e. The third-order valence-electron chi connectivity index (χ3n) is 19.0. The zero-order valence-electron chi connectivity index (χ0n) is 57.8. The Kier molecular flexibility index (Phi) is 22.5. The van der Waals surface area contributed by atoms with Crippen molar-refractivity contribution in [3.8, 4) is 34.3 Å². The predicted molar refractivity (Wildman–Crippen MR) is 390 cm³/mol. The van der Waals surface area contributed by atoms with Crippen LogP contribution in [0, 0.1) is 0 Å². The van der Waals surface area contributed by atoms with E-state index in [1.54, 1.807) is 85.2 Å². The summed E-state index contributed by atoms with van der Waals surface area (Å²) in [6.45, 7) is 21.4. The molecule has 13 rings (SSSR count). The highest BCUT2D eigenvalue weighted by Crippen LogP contribution is 2.28. The van der Waals surface area contributed by atoms with E-state index in [2.05, 4.69) is 69.0 Å². The fourth-order valence-electron chi connectivity index (χ4n) is 12.2. The summed E-state index contributed by atoms with van der Waals surface area (Å²) < 4.78 is 24.6. The molecule has 2 unspecified atom stereocenters. The van der Waals surface area contributed by atoms with Crippen LogP contribution in [-0.4, -0.2) is 175 Å². The molecular weight excluding hydrogens is 1270 g/mol. The number of phenolic OH excluding ortho intramolecular Hbond substituents is 1. The highest BCUT2D eigenvalue weighted by atomic mass is 16.5. The normalized spacial score (nSPS) is 15.9. The number of aliphatic hydroxyl groups excluding tert-OH is 2. The van der Waals surface area contributed by atoms with E-state index in [4.69, 9.17) is 14.2 Å². The third kappa shape index (κ3) is 16.4. The summed E-state index contributed by atoms with van der Waals surface area (Å²) in [5, 5.41) is 41.5. The lowest BCUT2D eigenvalue weighted by Gasteiger charge is -2.37. The number of aromatic hydroxyl groups is 1. The van der Waals surface area contributed by atoms with E-state index in [-0.39, 0.29) is 34.9 Å². The average molecular weight is 1360 g/mol. The first-order valence-electron chi connectivity index (χ1n) is 33.8. The molecule has 7 aromatic carbocycles. The van der Waals surface area contributed by atoms with Gasteiger partial charge >= 0.3 is 23.0 Å². The second kappa shape index (κ2) is 32.1. The minimum absolute atomic E-state index is 0.255. The largest absolute Gasteiger partial charge is 0.508 e. The molecule has 3 N–H and O–H groups in total. The molecule has 0 bridgehead atoms. The number of aromatic nitrogens is 9. The quantitative estimate of drug-likeness (QED) is 0.0642. The Labute approximate surface area is 581 Å². The number of aliphatic hydroxyl groups is 2. The van der Waals surface area contributed by atoms with Gasteiger partial charge in [-0.15, -0.1) is 0 Å². The van der Waals surface area contributed by atoms with Crippen molar-refractivity contribution in [2.75, 3.05) is 122 Å². The molecule has 524 valence electrons. The van der Waals surface area contributed by atoms with Crippen molar-refractivity contribution in [3.63, 3.8) is 0 Å². The Morgan fingerprint density at radius 2 is 0.610 bits per heavy atom. The molecule has 25 heteroatoms. The Hall–Kier alpha value is -11.1. The number of hydrogen-bond acceptors (Lipinski definition) is 19. The van der Waals surface area contributed by atoms with E-state index in [1.165, 1.54) is 58.1 Å². The minimum atomic E-state index is -0.659. The van der Waals surface area contributed by atoms with Gasteiger partial charge in [0, 0.05) is 113 Å². The monoisotopic (exact) mass is 1360 g/mol. The molecule has 0 spiro atoms. The second-order valence-electron chi connectivity index (χ2n) is 25.2. The number of nitrogens with zero attached hydrogens (tertiary/aromatic N) is 15. The van der Waals surface area contributed by atoms with Crippen molar-refractivity contribution in [1.29, 1.82) is 0 Å². The fraction of sp³-hybridized carbons (Fsp3) is 0.347. The maximum atomic E-state index is 13.2. The van der Waals surface area contributed by atoms with E-state index in [0.717, 1.165) is 130 Å². The van der Waals surface area contributed by atoms with Crippen LogP contribution in [0.4, 0.5) is 34.1 Å². The average Bonchev–Trinajstić information content (AvgIpc) is 1.61. The van der Waals surface area contributed by atoms with Crippen LogP contribution in [0.3, 0.4) is 0 Å². The molecule has 0 amide bonds. The highest BCUT2D eigenvalue weighted by molar-refractivity contribution is 5.89. The number of rotatable bonds is 19. The van der Waals surface area contributed by atoms with Gasteiger partial charge in [-0.2, -0.15) is 15.3 Å². The summed E-state index contributed by atoms with van der Waals surface area (Å²) in [5.74, 6) is 1.58. The first kappa shape index (κ1) is 70.3. The summed E-state index contributed by atoms with van der Waals surface area (Å²) in [6.07, 6.45) is 2.65. The number of ether oxygens (including phenoxy) is 3. The number of carbonyl (C=O) groups excluding carboxylic acids is 1. The number of hydrogen-bond donors (Lipinski definition) is 3. The smallest absolute Gasteiger partial charge is 0.350 e. The SMILES string of the molecule is CC(O)[C@H](C)n1ncn(-c2ccc(N3CCN(c4ccc(O)cc4)CC3)cc2)c1=O.COc1ccc(N2CCN(c3ccc(-n4cnn([C@@H](C)C(C)OC(=O)c5ccccc5)c4=O)cc3)CC2)cc1.COc1ccc(N2CCN(c3ccc(-n4cnn([C@@H](C)[C@@H](C)O)c4=O)cc3)CC2)cc1. The zero-order chi connectivity index (χ0) is 70.6. The van der Waals surface area contributed by atoms with Crippen molar-refractivity contribution in [3.05, 3.63) is 232 Å². The lowest BCUT2D eigenvalue weighted by atomic mass is 10.2. The van der Waals surface area contributed by atoms with Gasteiger partial charge in [-0.1, -0.05) is 18.2 Å². The van der Waals surface area contributed by atoms with E-state index < -0.39 is 30.3 Å². The van der Waals surface area contributed by atoms with Crippen LogP contribution in [0.25, 0.3) is 17.1 Å². The Morgan fingerprint density at radius 1 is 0.360 bits per heavy atom. The van der Waals surface area contributed by atoms with E-state index in [0.29, 0.717) is 5.56 Å². The van der Waals surface area contributed by atoms with Crippen LogP contribution in [0.2, 0.25) is 0 Å². The summed E-state index contributed by atoms with van der Waals surface area (Å²) >= 11 is 0. The first-order valence-corrected chi connectivity index (χ1v) is 33.8. The van der Waals surface area contributed by atoms with Gasteiger partial charge in [-0.3, -0.25) is 0 Å². The number of methoxy groups -OCH3 is 2. The standard InChI is InChI=1S/C30H33N5O4.C23H29N5O3.C22H27N5O3/c1-22(23(2)39-29(36)24-7-5-4-6-8-24)35-30(37)34(21-31-35)27-11-9-25(10-12-27)32-17-19-33(20-18-32)26-13-15-28(38-3)16-14-26;1-17(18(2)29)28-23(30)27(16-24-28)21-6-4-19(5-7-21)25-12-14-26(15-13-25)20-8-10-22(31-3)11-9-20;1-16(17(2)28)27-22(30)26(15-23-27)20-5-3-18(4-6-20)24-11-13-25(14-12-24)19-7-9-21(29)10-8-19/h4-16,21-23H,17-20H2,1-3H3;4-11,16-18,29H,12-15H2,1-3H3;3-10,15-17,28-29H,11-14H2,1-2H3/t22-,23?;17-,18+;16-,17?/m000/s1. The van der Waals surface area contributed by atoms with Crippen LogP contribution in [0.15, 0.2) is 209 Å². The molecule has 10 aromatic rings. The van der Waals surface area contributed by atoms with Crippen molar-refractivity contribution >= 4 is 40.1 Å². The summed E-state index contributed by atoms with van der Waals surface area (Å²) in [6, 6.07) is 55.0. The van der Waals surface area contributed by atoms with Gasteiger partial charge in [0.05, 0.1) is 67.2 Å². The number of anilines is 6. The lowest BCUT2D eigenvalue weighted by molar-refractivity contribution is 0.0215. The molecule has 6 heterocycles. The molecule has 0 saturated carbocycles. The number of benzene rings is 7. The summed E-state index contributed by atoms with van der Waals surface area (Å²) in [5.41, 5.74) is 8.78. The van der Waals surface area contributed by atoms with Gasteiger partial charge in [0.15, 0.2) is 0 Å². The molecule has 3 aliphatic heterocycles. The van der Waals surface area contributed by atoms with Crippen LogP contribution >= 0.6 is 0 Å². The van der Waals surface area contributed by atoms with Crippen molar-refractivity contribution in [2.45, 2.75) is 78.0 Å². The van der Waals surface area contributed by atoms with E-state index in [9.17, 15) is 34.5 Å². The van der Waals surface area contributed by atoms with E-state index in [1.807, 2.05) is 122 Å². The predicted octanol–water partition coefficient (Wildman–Crippen LogP) is 8.49. The zero-order valence-corrected chi connectivity index (χ0v) is 57.8.